The molecule has 1 unspecified atom stereocenters. The number of thioether (sulfide) groups is 1. The number of amides is 1. The smallest absolute Gasteiger partial charge is 0.276 e. The first-order valence-corrected chi connectivity index (χ1v) is 13.9. The predicted octanol–water partition coefficient (Wildman–Crippen LogP) is 5.09. The molecule has 184 valence electrons. The van der Waals surface area contributed by atoms with E-state index in [4.69, 9.17) is 14.8 Å². The number of amidine groups is 1. The summed E-state index contributed by atoms with van der Waals surface area (Å²) in [6, 6.07) is 23.6. The summed E-state index contributed by atoms with van der Waals surface area (Å²) in [5.74, 6) is 1.43. The monoisotopic (exact) mass is 562 g/mol. The van der Waals surface area contributed by atoms with Crippen molar-refractivity contribution in [1.82, 2.24) is 10.3 Å². The maximum Gasteiger partial charge on any atom is 0.276 e. The molecule has 3 aromatic carbocycles. The molecule has 2 aliphatic heterocycles. The number of fused-ring (bicyclic) bond motifs is 2. The van der Waals surface area contributed by atoms with E-state index < -0.39 is 6.17 Å². The molecule has 0 saturated carbocycles. The highest BCUT2D eigenvalue weighted by atomic mass is 79.9. The minimum Gasteiger partial charge on any atom is -0.488 e. The zero-order valence-corrected chi connectivity index (χ0v) is 22.4. The maximum absolute atomic E-state index is 13.4. The normalized spacial score (nSPS) is 16.4. The molecule has 0 aromatic heterocycles. The number of hydrogen-bond acceptors (Lipinski definition) is 6. The first-order chi connectivity index (χ1) is 17.6. The predicted molar refractivity (Wildman–Crippen MR) is 148 cm³/mol. The number of halogens is 1. The van der Waals surface area contributed by atoms with Gasteiger partial charge < -0.3 is 4.74 Å². The number of nitrogens with one attached hydrogen (secondary N) is 1. The van der Waals surface area contributed by atoms with Gasteiger partial charge in [-0.15, -0.1) is 5.10 Å². The second kappa shape index (κ2) is 11.3. The van der Waals surface area contributed by atoms with Gasteiger partial charge in [-0.3, -0.25) is 15.1 Å². The highest BCUT2D eigenvalue weighted by Crippen LogP contribution is 2.37. The molecule has 0 spiro atoms. The van der Waals surface area contributed by atoms with E-state index in [1.165, 1.54) is 0 Å². The summed E-state index contributed by atoms with van der Waals surface area (Å²) in [6.45, 7) is 2.61. The van der Waals surface area contributed by atoms with Gasteiger partial charge in [0, 0.05) is 21.0 Å². The fourth-order valence-electron chi connectivity index (χ4n) is 4.20. The first kappa shape index (κ1) is 24.6. The van der Waals surface area contributed by atoms with Crippen molar-refractivity contribution in [3.05, 3.63) is 99.0 Å². The van der Waals surface area contributed by atoms with E-state index in [2.05, 4.69) is 28.2 Å². The Hall–Kier alpha value is -3.10. The topological polar surface area (TPSA) is 66.3 Å². The van der Waals surface area contributed by atoms with Crippen molar-refractivity contribution in [3.8, 4) is 5.75 Å². The van der Waals surface area contributed by atoms with E-state index in [9.17, 15) is 4.79 Å². The lowest BCUT2D eigenvalue weighted by Crippen LogP contribution is -2.50. The van der Waals surface area contributed by atoms with Gasteiger partial charge >= 0.3 is 0 Å². The summed E-state index contributed by atoms with van der Waals surface area (Å²) >= 11 is 5.18. The van der Waals surface area contributed by atoms with Crippen LogP contribution >= 0.6 is 27.7 Å². The largest absolute Gasteiger partial charge is 0.488 e. The lowest BCUT2D eigenvalue weighted by molar-refractivity contribution is -0.116. The Balaban J connectivity index is 1.55. The van der Waals surface area contributed by atoms with Crippen LogP contribution in [0.15, 0.2) is 87.4 Å². The highest BCUT2D eigenvalue weighted by Gasteiger charge is 2.35. The number of carbonyl (C=O) groups excluding carboxylic acids is 1. The van der Waals surface area contributed by atoms with Gasteiger partial charge in [0.05, 0.1) is 5.36 Å². The Labute approximate surface area is 223 Å². The number of unbranched alkanes of at least 4 members (excludes halogenated alkanes) is 2. The Morgan fingerprint density at radius 2 is 1.86 bits per heavy atom. The molecule has 8 heteroatoms. The Morgan fingerprint density at radius 3 is 2.69 bits per heavy atom. The molecule has 0 aliphatic carbocycles. The average Bonchev–Trinajstić information content (AvgIpc) is 2.90. The van der Waals surface area contributed by atoms with Crippen molar-refractivity contribution < 1.29 is 9.53 Å². The molecule has 0 radical (unpaired) electrons. The van der Waals surface area contributed by atoms with Crippen molar-refractivity contribution in [3.63, 3.8) is 0 Å². The average molecular weight is 564 g/mol. The molecule has 1 N–H and O–H groups in total. The molecule has 5 rings (SSSR count). The zero-order valence-electron chi connectivity index (χ0n) is 20.0. The van der Waals surface area contributed by atoms with E-state index in [0.717, 1.165) is 51.2 Å². The number of benzene rings is 3. The molecule has 1 atom stereocenters. The van der Waals surface area contributed by atoms with E-state index >= 15 is 0 Å². The van der Waals surface area contributed by atoms with Crippen LogP contribution in [0.2, 0.25) is 0 Å². The molecule has 6 nitrogen and oxygen atoms in total. The van der Waals surface area contributed by atoms with Crippen LogP contribution in [0.1, 0.15) is 43.5 Å². The molecular formula is C28H27BrN4O2S. The summed E-state index contributed by atoms with van der Waals surface area (Å²) in [6.07, 6.45) is 2.83. The third-order valence-corrected chi connectivity index (χ3v) is 7.43. The van der Waals surface area contributed by atoms with Crippen LogP contribution < -0.4 is 20.6 Å². The Bertz CT molecular complexity index is 1410. The molecule has 2 aliphatic rings. The lowest BCUT2D eigenvalue weighted by atomic mass is 10.1. The lowest BCUT2D eigenvalue weighted by Gasteiger charge is -2.34. The van der Waals surface area contributed by atoms with Crippen molar-refractivity contribution in [2.75, 3.05) is 5.75 Å². The van der Waals surface area contributed by atoms with Crippen LogP contribution in [-0.2, 0) is 11.4 Å². The van der Waals surface area contributed by atoms with Crippen molar-refractivity contribution in [1.29, 1.82) is 0 Å². The Kier molecular flexibility index (Phi) is 7.72. The van der Waals surface area contributed by atoms with Gasteiger partial charge in [-0.2, -0.15) is 0 Å². The molecule has 0 saturated heterocycles. The number of hydrogen-bond donors (Lipinski definition) is 1. The van der Waals surface area contributed by atoms with Crippen molar-refractivity contribution in [2.45, 2.75) is 39.0 Å². The standard InChI is InChI=1S/C28H27BrN4O2S/c1-2-3-9-16-36-28-31-27(34)25-21-12-7-8-13-23(21)30-26(33(25)32-28)22-17-20(29)14-15-24(22)35-18-19-10-5-4-6-11-19/h4-8,10-15,17,26H,2-3,9,16,18H2,1H3,(H,31,32,34). The maximum atomic E-state index is 13.4. The minimum atomic E-state index is -0.546. The third-order valence-electron chi connectivity index (χ3n) is 5.99. The van der Waals surface area contributed by atoms with Gasteiger partial charge in [0.2, 0.25) is 0 Å². The molecule has 1 amide bonds. The quantitative estimate of drug-likeness (QED) is 0.388. The fourth-order valence-corrected chi connectivity index (χ4v) is 5.43. The van der Waals surface area contributed by atoms with Gasteiger partial charge in [-0.05, 0) is 36.2 Å². The van der Waals surface area contributed by atoms with Crippen molar-refractivity contribution >= 4 is 44.5 Å². The number of carbonyl (C=O) groups is 1. The minimum absolute atomic E-state index is 0.169. The van der Waals surface area contributed by atoms with Crippen LogP contribution in [0.25, 0.3) is 5.70 Å². The van der Waals surface area contributed by atoms with Crippen LogP contribution in [0.4, 0.5) is 0 Å². The van der Waals surface area contributed by atoms with E-state index in [1.807, 2.05) is 72.8 Å². The second-order valence-corrected chi connectivity index (χ2v) is 10.6. The SMILES string of the molecule is CCCCCSC1=NN2C(=c3ccccc3=NC2c2cc(Br)ccc2OCc2ccccc2)C(=O)N1. The second-order valence-electron chi connectivity index (χ2n) is 8.58. The van der Waals surface area contributed by atoms with Crippen LogP contribution in [0, 0.1) is 0 Å². The number of ether oxygens (including phenoxy) is 1. The van der Waals surface area contributed by atoms with Gasteiger partial charge in [-0.1, -0.05) is 96.0 Å². The number of hydrazone groups is 1. The Morgan fingerprint density at radius 1 is 1.06 bits per heavy atom. The highest BCUT2D eigenvalue weighted by molar-refractivity contribution is 9.10. The number of para-hydroxylation sites is 1. The summed E-state index contributed by atoms with van der Waals surface area (Å²) in [5, 5.41) is 11.7. The summed E-state index contributed by atoms with van der Waals surface area (Å²) < 4.78 is 7.18. The number of nitrogens with zero attached hydrogens (tertiary/aromatic N) is 3. The third kappa shape index (κ3) is 5.34. The molecule has 0 bridgehead atoms. The van der Waals surface area contributed by atoms with Gasteiger partial charge in [0.25, 0.3) is 5.91 Å². The summed E-state index contributed by atoms with van der Waals surface area (Å²) in [4.78, 5) is 18.4. The fraction of sp³-hybridized carbons (Fsp3) is 0.250. The van der Waals surface area contributed by atoms with Gasteiger partial charge in [0.15, 0.2) is 11.3 Å². The van der Waals surface area contributed by atoms with E-state index in [-0.39, 0.29) is 5.91 Å². The zero-order chi connectivity index (χ0) is 24.9. The van der Waals surface area contributed by atoms with Crippen LogP contribution in [-0.4, -0.2) is 21.8 Å². The van der Waals surface area contributed by atoms with Gasteiger partial charge in [0.1, 0.15) is 18.1 Å². The molecule has 36 heavy (non-hydrogen) atoms. The van der Waals surface area contributed by atoms with E-state index in [0.29, 0.717) is 23.2 Å². The summed E-state index contributed by atoms with van der Waals surface area (Å²) in [7, 11) is 0. The first-order valence-electron chi connectivity index (χ1n) is 12.1. The molecule has 3 aromatic rings. The van der Waals surface area contributed by atoms with Gasteiger partial charge in [-0.25, -0.2) is 5.01 Å². The van der Waals surface area contributed by atoms with E-state index in [1.54, 1.807) is 16.8 Å². The molecular weight excluding hydrogens is 536 g/mol. The number of rotatable bonds is 8. The van der Waals surface area contributed by atoms with Crippen molar-refractivity contribution in [2.24, 2.45) is 10.1 Å². The molecule has 2 heterocycles. The summed E-state index contributed by atoms with van der Waals surface area (Å²) in [5.41, 5.74) is 2.41. The molecule has 0 fully saturated rings. The van der Waals surface area contributed by atoms with Crippen LogP contribution in [0.5, 0.6) is 5.75 Å². The van der Waals surface area contributed by atoms with Crippen LogP contribution in [0.3, 0.4) is 0 Å².